The summed E-state index contributed by atoms with van der Waals surface area (Å²) in [5.41, 5.74) is 0.846. The number of benzene rings is 3. The molecular formula is C41H51N5O8. The molecule has 1 fully saturated rings. The van der Waals surface area contributed by atoms with E-state index in [0.29, 0.717) is 12.2 Å². The molecule has 2 unspecified atom stereocenters. The number of carbonyl (C=O) groups excluding carboxylic acids is 4. The van der Waals surface area contributed by atoms with Crippen LogP contribution in [0.1, 0.15) is 64.6 Å². The van der Waals surface area contributed by atoms with Gasteiger partial charge < -0.3 is 34.9 Å². The minimum absolute atomic E-state index is 0.0450. The zero-order chi connectivity index (χ0) is 38.9. The second-order valence-electron chi connectivity index (χ2n) is 14.9. The number of fused-ring (bicyclic) bond motifs is 1. The van der Waals surface area contributed by atoms with E-state index in [1.54, 1.807) is 26.8 Å². The van der Waals surface area contributed by atoms with Crippen LogP contribution in [0.25, 0.3) is 10.9 Å². The van der Waals surface area contributed by atoms with Crippen molar-refractivity contribution in [1.29, 1.82) is 0 Å². The van der Waals surface area contributed by atoms with Gasteiger partial charge in [0.2, 0.25) is 11.8 Å². The van der Waals surface area contributed by atoms with Crippen LogP contribution in [-0.2, 0) is 40.2 Å². The first kappa shape index (κ1) is 40.0. The number of hydrogen-bond donors (Lipinski definition) is 3. The van der Waals surface area contributed by atoms with E-state index in [-0.39, 0.29) is 31.8 Å². The quantitative estimate of drug-likeness (QED) is 0.103. The Morgan fingerprint density at radius 2 is 1.61 bits per heavy atom. The van der Waals surface area contributed by atoms with E-state index in [9.17, 15) is 19.2 Å². The average molecular weight is 742 g/mol. The summed E-state index contributed by atoms with van der Waals surface area (Å²) in [6.07, 6.45) is 2.81. The summed E-state index contributed by atoms with van der Waals surface area (Å²) >= 11 is 0. The van der Waals surface area contributed by atoms with E-state index < -0.39 is 41.1 Å². The molecule has 1 aliphatic heterocycles. The highest BCUT2D eigenvalue weighted by molar-refractivity contribution is 6.00. The van der Waals surface area contributed by atoms with Crippen molar-refractivity contribution in [2.24, 2.45) is 0 Å². The molecule has 5 rings (SSSR count). The summed E-state index contributed by atoms with van der Waals surface area (Å²) in [6.45, 7) is 9.21. The van der Waals surface area contributed by atoms with E-state index in [4.69, 9.17) is 19.2 Å². The highest BCUT2D eigenvalue weighted by atomic mass is 17.2. The summed E-state index contributed by atoms with van der Waals surface area (Å²) in [6, 6.07) is 24.6. The van der Waals surface area contributed by atoms with Crippen LogP contribution in [0.2, 0.25) is 0 Å². The number of nitrogens with one attached hydrogen (secondary N) is 3. The normalized spacial score (nSPS) is 15.7. The number of amides is 4. The molecule has 4 aromatic rings. The summed E-state index contributed by atoms with van der Waals surface area (Å²) < 4.78 is 13.2. The number of alkyl carbamates (subject to hydrolysis) is 1. The Labute approximate surface area is 316 Å². The molecule has 0 saturated carbocycles. The van der Waals surface area contributed by atoms with Gasteiger partial charge in [-0.2, -0.15) is 0 Å². The molecule has 2 heterocycles. The highest BCUT2D eigenvalue weighted by Crippen LogP contribution is 2.31. The lowest BCUT2D eigenvalue weighted by atomic mass is 10.0. The van der Waals surface area contributed by atoms with E-state index in [0.717, 1.165) is 34.9 Å². The number of carbonyl (C=O) groups is 4. The van der Waals surface area contributed by atoms with Gasteiger partial charge >= 0.3 is 6.09 Å². The fourth-order valence-corrected chi connectivity index (χ4v) is 6.36. The zero-order valence-electron chi connectivity index (χ0n) is 31.8. The minimum Gasteiger partial charge on any atom is -0.444 e. The third-order valence-electron chi connectivity index (χ3n) is 9.05. The molecule has 54 heavy (non-hydrogen) atoms. The van der Waals surface area contributed by atoms with Gasteiger partial charge in [-0.1, -0.05) is 60.7 Å². The van der Waals surface area contributed by atoms with Gasteiger partial charge in [-0.25, -0.2) is 14.6 Å². The van der Waals surface area contributed by atoms with Crippen molar-refractivity contribution in [2.45, 2.75) is 83.3 Å². The Balaban J connectivity index is 1.36. The van der Waals surface area contributed by atoms with Crippen LogP contribution < -0.4 is 16.0 Å². The second-order valence-corrected chi connectivity index (χ2v) is 14.9. The number of anilines is 1. The molecule has 4 amide bonds. The predicted molar refractivity (Wildman–Crippen MR) is 204 cm³/mol. The average Bonchev–Trinajstić information content (AvgIpc) is 3.77. The number of hydrogen-bond acceptors (Lipinski definition) is 8. The highest BCUT2D eigenvalue weighted by Gasteiger charge is 2.36. The number of nitrogens with zero attached hydrogens (tertiary/aromatic N) is 2. The van der Waals surface area contributed by atoms with Gasteiger partial charge in [-0.05, 0) is 82.9 Å². The van der Waals surface area contributed by atoms with Gasteiger partial charge in [0.15, 0.2) is 0 Å². The number of rotatable bonds is 15. The Bertz CT molecular complexity index is 1890. The molecular weight excluding hydrogens is 690 g/mol. The summed E-state index contributed by atoms with van der Waals surface area (Å²) in [5, 5.41) is 9.05. The first-order chi connectivity index (χ1) is 25.8. The van der Waals surface area contributed by atoms with Gasteiger partial charge in [0.25, 0.3) is 5.91 Å². The standard InChI is InChI=1S/C41H51N5O8/c1-40(2,3)54-39(50)44-41(4,5)38(49)43-33(27-52-25-28-14-9-7-10-15-28)36(47)42-31-19-20-34-30(24-31)21-23-46(34)35(29-16-11-8-12-17-29)37(48)45-22-13-18-32(45)26-53-51-6/h7-12,14-17,19-21,23-24,32-33,35H,13,18,22,25-27H2,1-6H3,(H,42,47)(H,43,49)(H,44,50)/t32?,33-,35?/m1/s1. The summed E-state index contributed by atoms with van der Waals surface area (Å²) in [7, 11) is 1.46. The van der Waals surface area contributed by atoms with E-state index >= 15 is 0 Å². The first-order valence-corrected chi connectivity index (χ1v) is 18.1. The Kier molecular flexibility index (Phi) is 13.1. The van der Waals surface area contributed by atoms with Gasteiger partial charge in [0.1, 0.15) is 29.8 Å². The molecule has 3 atom stereocenters. The van der Waals surface area contributed by atoms with Gasteiger partial charge in [0.05, 0.1) is 26.4 Å². The van der Waals surface area contributed by atoms with Crippen LogP contribution in [0, 0.1) is 0 Å². The van der Waals surface area contributed by atoms with Crippen LogP contribution in [0.4, 0.5) is 10.5 Å². The summed E-state index contributed by atoms with van der Waals surface area (Å²) in [4.78, 5) is 66.0. The topological polar surface area (TPSA) is 149 Å². The summed E-state index contributed by atoms with van der Waals surface area (Å²) in [5.74, 6) is -1.16. The van der Waals surface area contributed by atoms with Crippen molar-refractivity contribution in [3.63, 3.8) is 0 Å². The Hall–Kier alpha value is -5.24. The molecule has 1 saturated heterocycles. The smallest absolute Gasteiger partial charge is 0.408 e. The molecule has 13 nitrogen and oxygen atoms in total. The molecule has 0 aliphatic carbocycles. The van der Waals surface area contributed by atoms with Crippen LogP contribution >= 0.6 is 0 Å². The van der Waals surface area contributed by atoms with E-state index in [2.05, 4.69) is 16.0 Å². The van der Waals surface area contributed by atoms with Crippen molar-refractivity contribution in [1.82, 2.24) is 20.1 Å². The lowest BCUT2D eigenvalue weighted by Crippen LogP contribution is -2.59. The van der Waals surface area contributed by atoms with Crippen LogP contribution in [0.15, 0.2) is 91.1 Å². The molecule has 1 aliphatic rings. The van der Waals surface area contributed by atoms with Crippen molar-refractivity contribution < 1.29 is 38.4 Å². The van der Waals surface area contributed by atoms with Gasteiger partial charge in [-0.3, -0.25) is 14.4 Å². The molecule has 288 valence electrons. The lowest BCUT2D eigenvalue weighted by Gasteiger charge is -2.30. The number of likely N-dealkylation sites (tertiary alicyclic amines) is 1. The van der Waals surface area contributed by atoms with Crippen molar-refractivity contribution in [2.75, 3.05) is 32.2 Å². The Morgan fingerprint density at radius 1 is 0.907 bits per heavy atom. The minimum atomic E-state index is -1.42. The van der Waals surface area contributed by atoms with Crippen molar-refractivity contribution in [3.05, 3.63) is 102 Å². The van der Waals surface area contributed by atoms with E-state index in [1.165, 1.54) is 21.0 Å². The third kappa shape index (κ3) is 10.5. The van der Waals surface area contributed by atoms with Gasteiger partial charge in [-0.15, -0.1) is 0 Å². The molecule has 1 aromatic heterocycles. The first-order valence-electron chi connectivity index (χ1n) is 18.1. The van der Waals surface area contributed by atoms with Crippen molar-refractivity contribution >= 4 is 40.4 Å². The maximum Gasteiger partial charge on any atom is 0.408 e. The van der Waals surface area contributed by atoms with Crippen molar-refractivity contribution in [3.8, 4) is 0 Å². The monoisotopic (exact) mass is 741 g/mol. The molecule has 0 radical (unpaired) electrons. The van der Waals surface area contributed by atoms with E-state index in [1.807, 2.05) is 94.5 Å². The molecule has 3 N–H and O–H groups in total. The maximum atomic E-state index is 14.3. The van der Waals surface area contributed by atoms with Crippen LogP contribution in [0.5, 0.6) is 0 Å². The van der Waals surface area contributed by atoms with Crippen LogP contribution in [0.3, 0.4) is 0 Å². The zero-order valence-corrected chi connectivity index (χ0v) is 31.8. The van der Waals surface area contributed by atoms with Crippen LogP contribution in [-0.4, -0.2) is 83.4 Å². The molecule has 13 heteroatoms. The fourth-order valence-electron chi connectivity index (χ4n) is 6.36. The Morgan fingerprint density at radius 3 is 2.30 bits per heavy atom. The second kappa shape index (κ2) is 17.7. The number of aromatic nitrogens is 1. The third-order valence-corrected chi connectivity index (χ3v) is 9.05. The predicted octanol–water partition coefficient (Wildman–Crippen LogP) is 5.74. The van der Waals surface area contributed by atoms with Gasteiger partial charge in [0, 0.05) is 29.3 Å². The largest absolute Gasteiger partial charge is 0.444 e. The SMILES string of the molecule is COOCC1CCCN1C(=O)C(c1ccccc1)n1ccc2cc(NC(=O)[C@@H](COCc3ccccc3)NC(=O)C(C)(C)NC(=O)OC(C)(C)C)ccc21. The molecule has 3 aromatic carbocycles. The maximum absolute atomic E-state index is 14.3. The lowest BCUT2D eigenvalue weighted by molar-refractivity contribution is -0.278. The molecule has 0 spiro atoms. The molecule has 0 bridgehead atoms. The fraction of sp³-hybridized carbons (Fsp3) is 0.415. The number of ether oxygens (including phenoxy) is 2.